The van der Waals surface area contributed by atoms with Gasteiger partial charge in [0.2, 0.25) is 0 Å². The Kier molecular flexibility index (Phi) is 2.95. The fourth-order valence-electron chi connectivity index (χ4n) is 2.35. The molecule has 0 spiro atoms. The molecule has 2 atom stereocenters. The van der Waals surface area contributed by atoms with Crippen LogP contribution in [-0.2, 0) is 0 Å². The summed E-state index contributed by atoms with van der Waals surface area (Å²) in [5.41, 5.74) is 1.78. The molecule has 2 aromatic rings. The minimum absolute atomic E-state index is 0.108. The van der Waals surface area contributed by atoms with Gasteiger partial charge < -0.3 is 10.3 Å². The Morgan fingerprint density at radius 3 is 3.05 bits per heavy atom. The van der Waals surface area contributed by atoms with Crippen LogP contribution in [0.4, 0.5) is 4.39 Å². The maximum atomic E-state index is 13.5. The van der Waals surface area contributed by atoms with Crippen LogP contribution < -0.4 is 5.32 Å². The Labute approximate surface area is 115 Å². The van der Waals surface area contributed by atoms with E-state index < -0.39 is 0 Å². The van der Waals surface area contributed by atoms with Crippen molar-refractivity contribution < 1.29 is 4.39 Å². The van der Waals surface area contributed by atoms with Gasteiger partial charge in [-0.2, -0.15) is 0 Å². The van der Waals surface area contributed by atoms with Crippen LogP contribution >= 0.6 is 11.6 Å². The third-order valence-corrected chi connectivity index (χ3v) is 3.83. The van der Waals surface area contributed by atoms with E-state index >= 15 is 0 Å². The smallest absolute Gasteiger partial charge is 0.137 e. The van der Waals surface area contributed by atoms with Gasteiger partial charge in [-0.25, -0.2) is 9.37 Å². The highest BCUT2D eigenvalue weighted by atomic mass is 35.5. The van der Waals surface area contributed by atoms with Crippen LogP contribution in [0.3, 0.4) is 0 Å². The predicted octanol–water partition coefficient (Wildman–Crippen LogP) is 2.95. The molecule has 100 valence electrons. The van der Waals surface area contributed by atoms with Gasteiger partial charge >= 0.3 is 0 Å². The average Bonchev–Trinajstić information content (AvgIpc) is 2.79. The van der Waals surface area contributed by atoms with Crippen molar-refractivity contribution in [1.29, 1.82) is 0 Å². The molecule has 2 N–H and O–H groups in total. The zero-order valence-electron chi connectivity index (χ0n) is 10.6. The summed E-state index contributed by atoms with van der Waals surface area (Å²) in [5.74, 6) is -0.172. The standard InChI is InChI=1S/C13H14ClFN4/c1-7-11(15)6-18-13(19(7)2)10-5-17-12-9(10)3-8(14)4-16-12/h3-7,13,18H,1-2H3,(H,16,17). The van der Waals surface area contributed by atoms with Crippen LogP contribution in [0.5, 0.6) is 0 Å². The molecule has 0 saturated carbocycles. The van der Waals surface area contributed by atoms with Crippen molar-refractivity contribution in [3.05, 3.63) is 41.1 Å². The SMILES string of the molecule is CC1C(F)=CNC(c2c[nH]c3ncc(Cl)cc23)N1C. The van der Waals surface area contributed by atoms with Gasteiger partial charge in [-0.15, -0.1) is 0 Å². The molecule has 6 heteroatoms. The van der Waals surface area contributed by atoms with Crippen molar-refractivity contribution in [3.8, 4) is 0 Å². The number of fused-ring (bicyclic) bond motifs is 1. The van der Waals surface area contributed by atoms with Crippen molar-refractivity contribution in [2.45, 2.75) is 19.1 Å². The number of aromatic amines is 1. The zero-order chi connectivity index (χ0) is 13.6. The van der Waals surface area contributed by atoms with E-state index in [-0.39, 0.29) is 18.0 Å². The first-order valence-corrected chi connectivity index (χ1v) is 6.42. The van der Waals surface area contributed by atoms with E-state index in [0.717, 1.165) is 16.6 Å². The summed E-state index contributed by atoms with van der Waals surface area (Å²) in [5, 5.41) is 4.59. The first-order valence-electron chi connectivity index (χ1n) is 6.04. The number of rotatable bonds is 1. The number of H-pyrrole nitrogens is 1. The number of halogens is 2. The molecule has 0 amide bonds. The van der Waals surface area contributed by atoms with Crippen molar-refractivity contribution in [3.63, 3.8) is 0 Å². The molecule has 19 heavy (non-hydrogen) atoms. The van der Waals surface area contributed by atoms with E-state index in [0.29, 0.717) is 5.02 Å². The molecule has 3 rings (SSSR count). The van der Waals surface area contributed by atoms with E-state index in [1.807, 2.05) is 31.1 Å². The summed E-state index contributed by atoms with van der Waals surface area (Å²) < 4.78 is 13.5. The summed E-state index contributed by atoms with van der Waals surface area (Å²) in [7, 11) is 1.88. The number of nitrogens with one attached hydrogen (secondary N) is 2. The van der Waals surface area contributed by atoms with Gasteiger partial charge in [0, 0.05) is 29.5 Å². The molecule has 0 bridgehead atoms. The Bertz CT molecular complexity index is 651. The minimum Gasteiger partial charge on any atom is -0.370 e. The number of pyridine rings is 1. The zero-order valence-corrected chi connectivity index (χ0v) is 11.4. The maximum absolute atomic E-state index is 13.5. The highest BCUT2D eigenvalue weighted by molar-refractivity contribution is 6.31. The van der Waals surface area contributed by atoms with E-state index in [1.165, 1.54) is 6.20 Å². The van der Waals surface area contributed by atoms with Crippen LogP contribution in [0, 0.1) is 0 Å². The Balaban J connectivity index is 2.07. The van der Waals surface area contributed by atoms with Gasteiger partial charge in [0.15, 0.2) is 0 Å². The van der Waals surface area contributed by atoms with Crippen LogP contribution in [0.1, 0.15) is 18.7 Å². The average molecular weight is 281 g/mol. The molecule has 1 aliphatic rings. The summed E-state index contributed by atoms with van der Waals surface area (Å²) in [4.78, 5) is 9.27. The van der Waals surface area contributed by atoms with Gasteiger partial charge in [-0.1, -0.05) is 11.6 Å². The fourth-order valence-corrected chi connectivity index (χ4v) is 2.51. The molecule has 0 fully saturated rings. The quantitative estimate of drug-likeness (QED) is 0.844. The van der Waals surface area contributed by atoms with Crippen molar-refractivity contribution in [1.82, 2.24) is 20.2 Å². The first kappa shape index (κ1) is 12.4. The normalized spacial score (nSPS) is 24.3. The summed E-state index contributed by atoms with van der Waals surface area (Å²) in [6.45, 7) is 1.83. The highest BCUT2D eigenvalue weighted by Crippen LogP contribution is 2.31. The lowest BCUT2D eigenvalue weighted by Gasteiger charge is -2.36. The second kappa shape index (κ2) is 4.51. The van der Waals surface area contributed by atoms with Gasteiger partial charge in [-0.05, 0) is 20.0 Å². The third-order valence-electron chi connectivity index (χ3n) is 3.62. The Morgan fingerprint density at radius 2 is 2.26 bits per heavy atom. The molecule has 0 aromatic carbocycles. The summed E-state index contributed by atoms with van der Waals surface area (Å²) >= 11 is 5.99. The topological polar surface area (TPSA) is 44.0 Å². The second-order valence-corrected chi connectivity index (χ2v) is 5.17. The molecule has 0 radical (unpaired) electrons. The van der Waals surface area contributed by atoms with E-state index in [4.69, 9.17) is 11.6 Å². The Hall–Kier alpha value is -1.59. The van der Waals surface area contributed by atoms with E-state index in [1.54, 1.807) is 6.20 Å². The molecule has 2 aromatic heterocycles. The lowest BCUT2D eigenvalue weighted by atomic mass is 10.1. The largest absolute Gasteiger partial charge is 0.370 e. The summed E-state index contributed by atoms with van der Waals surface area (Å²) in [6.07, 6.45) is 4.80. The van der Waals surface area contributed by atoms with E-state index in [9.17, 15) is 4.39 Å². The molecule has 1 aliphatic heterocycles. The van der Waals surface area contributed by atoms with Gasteiger partial charge in [0.1, 0.15) is 17.6 Å². The fraction of sp³-hybridized carbons (Fsp3) is 0.308. The van der Waals surface area contributed by atoms with Crippen LogP contribution in [0.15, 0.2) is 30.5 Å². The van der Waals surface area contributed by atoms with Gasteiger partial charge in [0.25, 0.3) is 0 Å². The molecule has 4 nitrogen and oxygen atoms in total. The number of aromatic nitrogens is 2. The highest BCUT2D eigenvalue weighted by Gasteiger charge is 2.29. The molecule has 2 unspecified atom stereocenters. The van der Waals surface area contributed by atoms with Crippen LogP contribution in [0.2, 0.25) is 5.02 Å². The Morgan fingerprint density at radius 1 is 1.47 bits per heavy atom. The number of hydrogen-bond acceptors (Lipinski definition) is 3. The van der Waals surface area contributed by atoms with Gasteiger partial charge in [-0.3, -0.25) is 4.90 Å². The number of hydrogen-bond donors (Lipinski definition) is 2. The third kappa shape index (κ3) is 1.99. The monoisotopic (exact) mass is 280 g/mol. The molecular weight excluding hydrogens is 267 g/mol. The predicted molar refractivity (Wildman–Crippen MR) is 73.4 cm³/mol. The van der Waals surface area contributed by atoms with Crippen molar-refractivity contribution in [2.75, 3.05) is 7.05 Å². The molecular formula is C13H14ClFN4. The first-order chi connectivity index (χ1) is 9.08. The van der Waals surface area contributed by atoms with Crippen LogP contribution in [0.25, 0.3) is 11.0 Å². The van der Waals surface area contributed by atoms with Crippen molar-refractivity contribution >= 4 is 22.6 Å². The molecule has 0 saturated heterocycles. The van der Waals surface area contributed by atoms with Crippen LogP contribution in [-0.4, -0.2) is 28.0 Å². The number of nitrogens with zero attached hydrogens (tertiary/aromatic N) is 2. The molecule has 0 aliphatic carbocycles. The molecule has 3 heterocycles. The lowest BCUT2D eigenvalue weighted by Crippen LogP contribution is -2.43. The summed E-state index contributed by atoms with van der Waals surface area (Å²) in [6, 6.07) is 1.60. The number of likely N-dealkylation sites (N-methyl/N-ethyl adjacent to an activating group) is 1. The minimum atomic E-state index is -0.261. The maximum Gasteiger partial charge on any atom is 0.137 e. The van der Waals surface area contributed by atoms with Crippen molar-refractivity contribution in [2.24, 2.45) is 0 Å². The van der Waals surface area contributed by atoms with E-state index in [2.05, 4.69) is 15.3 Å². The second-order valence-electron chi connectivity index (χ2n) is 4.73. The lowest BCUT2D eigenvalue weighted by molar-refractivity contribution is 0.152. The van der Waals surface area contributed by atoms with Gasteiger partial charge in [0.05, 0.1) is 11.1 Å².